The Morgan fingerprint density at radius 1 is 0.268 bits per heavy atom. The molecular formula is C62H56N6NiS2. The molecule has 0 amide bonds. The van der Waals surface area contributed by atoms with E-state index in [-0.39, 0.29) is 16.5 Å². The number of hydrogen-bond donors (Lipinski definition) is 0. The number of aryl methyl sites for hydroxylation is 4. The van der Waals surface area contributed by atoms with Crippen molar-refractivity contribution in [1.82, 2.24) is 19.9 Å². The van der Waals surface area contributed by atoms with Crippen molar-refractivity contribution in [3.05, 3.63) is 301 Å². The predicted molar refractivity (Wildman–Crippen MR) is 302 cm³/mol. The Morgan fingerprint density at radius 2 is 0.423 bits per heavy atom. The maximum atomic E-state index is 7.13. The zero-order valence-electron chi connectivity index (χ0n) is 40.2. The van der Waals surface area contributed by atoms with Crippen molar-refractivity contribution in [3.8, 4) is 44.5 Å². The molecule has 0 aliphatic heterocycles. The SMILES string of the molecule is Cc1cccc(C)c1.Cc1cccc(C)c1.[N-]=C=S.[N-]=C=S.[Ni+2].c1ccc(-c2ccncc2)cc1.c1ccc(-c2ccncc2)cc1.c1ccc(-c2ccncc2)cc1.c1ccc(-c2ccncc2)cc1. The normalized spacial score (nSPS) is 8.85. The standard InChI is InChI=1S/4C11H9N.2C8H10.2CNS.Ni/c4*1-2-4-10(5-3-1)11-6-8-12-9-7-11;2*1-7-4-3-5-8(2)6-7;2*2-1-3;/h4*1-9H;2*3-6H,1-2H3;;;/q;;;;;;2*-1;+2. The molecule has 0 fully saturated rings. The average Bonchev–Trinajstić information content (AvgIpc) is 3.42. The Morgan fingerprint density at radius 3 is 0.563 bits per heavy atom. The maximum absolute atomic E-state index is 7.13. The van der Waals surface area contributed by atoms with E-state index in [4.69, 9.17) is 10.8 Å². The van der Waals surface area contributed by atoms with Crippen molar-refractivity contribution in [3.63, 3.8) is 0 Å². The summed E-state index contributed by atoms with van der Waals surface area (Å²) in [6, 6.07) is 74.1. The van der Waals surface area contributed by atoms with Crippen LogP contribution in [0, 0.1) is 27.7 Å². The molecular weight excluding hydrogens is 952 g/mol. The monoisotopic (exact) mass is 1010 g/mol. The summed E-state index contributed by atoms with van der Waals surface area (Å²) >= 11 is 7.40. The maximum Gasteiger partial charge on any atom is 2.00 e. The van der Waals surface area contributed by atoms with Crippen LogP contribution in [0.25, 0.3) is 55.3 Å². The first kappa shape index (κ1) is 59.1. The third-order valence-electron chi connectivity index (χ3n) is 9.50. The number of nitrogens with zero attached hydrogens (tertiary/aromatic N) is 6. The fourth-order valence-corrected chi connectivity index (χ4v) is 6.31. The molecule has 4 heterocycles. The first-order valence-corrected chi connectivity index (χ1v) is 23.0. The summed E-state index contributed by atoms with van der Waals surface area (Å²) in [4.78, 5) is 15.9. The van der Waals surface area contributed by atoms with Crippen LogP contribution in [0.1, 0.15) is 22.3 Å². The van der Waals surface area contributed by atoms with Crippen molar-refractivity contribution in [2.75, 3.05) is 0 Å². The van der Waals surface area contributed by atoms with Gasteiger partial charge in [-0.15, -0.1) is 0 Å². The van der Waals surface area contributed by atoms with Crippen LogP contribution >= 0.6 is 24.4 Å². The molecule has 0 aliphatic rings. The van der Waals surface area contributed by atoms with Crippen LogP contribution in [0.3, 0.4) is 0 Å². The first-order valence-electron chi connectivity index (χ1n) is 22.2. The fraction of sp³-hybridized carbons (Fsp3) is 0.0645. The number of isothiocyanates is 2. The predicted octanol–water partition coefficient (Wildman–Crippen LogP) is 16.9. The van der Waals surface area contributed by atoms with Crippen LogP contribution in [0.15, 0.2) is 268 Å². The topological polar surface area (TPSA) is 96.2 Å². The summed E-state index contributed by atoms with van der Waals surface area (Å²) in [5, 5.41) is 16.9. The van der Waals surface area contributed by atoms with Gasteiger partial charge in [-0.2, -0.15) is 10.3 Å². The second-order valence-electron chi connectivity index (χ2n) is 14.9. The summed E-state index contributed by atoms with van der Waals surface area (Å²) < 4.78 is 0. The summed E-state index contributed by atoms with van der Waals surface area (Å²) in [5.74, 6) is 0. The Kier molecular flexibility index (Phi) is 31.6. The van der Waals surface area contributed by atoms with Gasteiger partial charge in [0.1, 0.15) is 0 Å². The summed E-state index contributed by atoms with van der Waals surface area (Å²) in [6.07, 6.45) is 14.5. The molecule has 0 atom stereocenters. The molecule has 0 saturated carbocycles. The van der Waals surface area contributed by atoms with E-state index < -0.39 is 0 Å². The summed E-state index contributed by atoms with van der Waals surface area (Å²) in [5.41, 5.74) is 15.2. The van der Waals surface area contributed by atoms with Gasteiger partial charge in [-0.1, -0.05) is 217 Å². The zero-order chi connectivity index (χ0) is 50.3. The Balaban J connectivity index is 0.000000287. The molecule has 10 aromatic rings. The van der Waals surface area contributed by atoms with Crippen LogP contribution in [-0.4, -0.2) is 30.3 Å². The first-order chi connectivity index (χ1) is 34.3. The van der Waals surface area contributed by atoms with Crippen molar-refractivity contribution >= 4 is 34.8 Å². The van der Waals surface area contributed by atoms with Gasteiger partial charge in [-0.3, -0.25) is 19.9 Å². The fourth-order valence-electron chi connectivity index (χ4n) is 6.31. The molecule has 10 rings (SSSR count). The number of thiocarbonyl (C=S) groups is 2. The summed E-state index contributed by atoms with van der Waals surface area (Å²) in [7, 11) is 0. The molecule has 356 valence electrons. The van der Waals surface area contributed by atoms with E-state index in [9.17, 15) is 0 Å². The van der Waals surface area contributed by atoms with Gasteiger partial charge < -0.3 is 10.8 Å². The van der Waals surface area contributed by atoms with Gasteiger partial charge >= 0.3 is 16.5 Å². The van der Waals surface area contributed by atoms with Crippen LogP contribution in [0.4, 0.5) is 0 Å². The Bertz CT molecular complexity index is 2390. The van der Waals surface area contributed by atoms with Crippen LogP contribution in [0.5, 0.6) is 0 Å². The minimum absolute atomic E-state index is 0. The van der Waals surface area contributed by atoms with Crippen molar-refractivity contribution in [2.45, 2.75) is 27.7 Å². The number of aromatic nitrogens is 4. The largest absolute Gasteiger partial charge is 2.00 e. The van der Waals surface area contributed by atoms with Gasteiger partial charge in [-0.05, 0) is 121 Å². The molecule has 0 saturated heterocycles. The quantitative estimate of drug-likeness (QED) is 0.0990. The van der Waals surface area contributed by atoms with Crippen molar-refractivity contribution < 1.29 is 16.5 Å². The molecule has 0 aliphatic carbocycles. The number of rotatable bonds is 4. The van der Waals surface area contributed by atoms with E-state index in [0.717, 1.165) is 0 Å². The van der Waals surface area contributed by atoms with Gasteiger partial charge in [0.05, 0.1) is 0 Å². The van der Waals surface area contributed by atoms with Gasteiger partial charge in [-0.25, -0.2) is 0 Å². The van der Waals surface area contributed by atoms with E-state index in [1.165, 1.54) is 77.1 Å². The van der Waals surface area contributed by atoms with Crippen LogP contribution in [0.2, 0.25) is 0 Å². The third kappa shape index (κ3) is 26.4. The van der Waals surface area contributed by atoms with Gasteiger partial charge in [0.2, 0.25) is 0 Å². The molecule has 0 N–H and O–H groups in total. The van der Waals surface area contributed by atoms with Crippen molar-refractivity contribution in [1.29, 1.82) is 0 Å². The second kappa shape index (κ2) is 37.9. The molecule has 0 radical (unpaired) electrons. The average molecular weight is 1010 g/mol. The number of pyridine rings is 4. The molecule has 71 heavy (non-hydrogen) atoms. The molecule has 0 bridgehead atoms. The number of hydrogen-bond acceptors (Lipinski definition) is 6. The summed E-state index contributed by atoms with van der Waals surface area (Å²) in [6.45, 7) is 8.42. The zero-order valence-corrected chi connectivity index (χ0v) is 42.8. The van der Waals surface area contributed by atoms with E-state index >= 15 is 0 Å². The second-order valence-corrected chi connectivity index (χ2v) is 15.3. The van der Waals surface area contributed by atoms with E-state index in [1.54, 1.807) is 0 Å². The van der Waals surface area contributed by atoms with Gasteiger partial charge in [0.25, 0.3) is 0 Å². The molecule has 0 unspecified atom stereocenters. The Hall–Kier alpha value is -7.99. The van der Waals surface area contributed by atoms with E-state index in [0.29, 0.717) is 0 Å². The van der Waals surface area contributed by atoms with Crippen LogP contribution < -0.4 is 0 Å². The minimum atomic E-state index is 0. The van der Waals surface area contributed by atoms with Crippen molar-refractivity contribution in [2.24, 2.45) is 0 Å². The Labute approximate surface area is 441 Å². The minimum Gasteiger partial charge on any atom is -0.753 e. The van der Waals surface area contributed by atoms with Crippen LogP contribution in [-0.2, 0) is 16.5 Å². The third-order valence-corrected chi connectivity index (χ3v) is 9.50. The smallest absolute Gasteiger partial charge is 0.753 e. The van der Waals surface area contributed by atoms with Gasteiger partial charge in [0.15, 0.2) is 0 Å². The van der Waals surface area contributed by atoms with E-state index in [1.807, 2.05) is 171 Å². The van der Waals surface area contributed by atoms with Gasteiger partial charge in [0, 0.05) is 49.6 Å². The molecule has 0 spiro atoms. The van der Waals surface area contributed by atoms with E-state index in [2.05, 4.69) is 169 Å². The number of benzene rings is 6. The molecule has 6 nitrogen and oxygen atoms in total. The molecule has 9 heteroatoms. The molecule has 4 aromatic heterocycles. The molecule has 6 aromatic carbocycles.